The van der Waals surface area contributed by atoms with Gasteiger partial charge in [-0.1, -0.05) is 57.2 Å². The molecule has 5 rings (SSSR count). The lowest BCUT2D eigenvalue weighted by Gasteiger charge is -2.35. The lowest BCUT2D eigenvalue weighted by molar-refractivity contribution is 0.474. The molecule has 0 N–H and O–H groups in total. The molecule has 0 bridgehead atoms. The van der Waals surface area contributed by atoms with Crippen molar-refractivity contribution in [2.75, 3.05) is 4.90 Å². The van der Waals surface area contributed by atoms with E-state index >= 15 is 0 Å². The van der Waals surface area contributed by atoms with Gasteiger partial charge in [-0.3, -0.25) is 4.90 Å². The maximum absolute atomic E-state index is 6.41. The molecule has 3 aromatic carbocycles. The Morgan fingerprint density at radius 3 is 2.19 bits per heavy atom. The smallest absolute Gasteiger partial charge is 0.181 e. The Kier molecular flexibility index (Phi) is 4.56. The number of hydrogen-bond donors (Lipinski definition) is 0. The maximum atomic E-state index is 6.41. The molecule has 0 atom stereocenters. The van der Waals surface area contributed by atoms with Gasteiger partial charge in [0.05, 0.1) is 16.9 Å². The Morgan fingerprint density at radius 2 is 1.50 bits per heavy atom. The highest BCUT2D eigenvalue weighted by Gasteiger charge is 2.30. The fraction of sp³-hybridized carbons (Fsp3) is 0.276. The minimum atomic E-state index is 0.0948. The van der Waals surface area contributed by atoms with Crippen LogP contribution in [-0.4, -0.2) is 4.98 Å². The van der Waals surface area contributed by atoms with Crippen molar-refractivity contribution in [2.24, 2.45) is 0 Å². The number of nitrogens with zero attached hydrogens (tertiary/aromatic N) is 2. The van der Waals surface area contributed by atoms with Crippen LogP contribution in [0.5, 0.6) is 11.5 Å². The van der Waals surface area contributed by atoms with E-state index in [2.05, 4.69) is 108 Å². The lowest BCUT2D eigenvalue weighted by Crippen LogP contribution is -2.20. The predicted octanol–water partition coefficient (Wildman–Crippen LogP) is 8.34. The molecule has 1 aliphatic heterocycles. The zero-order valence-electron chi connectivity index (χ0n) is 20.0. The average Bonchev–Trinajstić information content (AvgIpc) is 2.71. The van der Waals surface area contributed by atoms with Crippen molar-refractivity contribution in [1.82, 2.24) is 4.98 Å². The number of ether oxygens (including phenoxy) is 1. The molecule has 0 radical (unpaired) electrons. The summed E-state index contributed by atoms with van der Waals surface area (Å²) in [4.78, 5) is 7.44. The number of aromatic nitrogens is 1. The molecule has 0 spiro atoms. The van der Waals surface area contributed by atoms with Crippen molar-refractivity contribution in [1.29, 1.82) is 0 Å². The molecular weight excluding hydrogens is 392 g/mol. The zero-order valence-corrected chi connectivity index (χ0v) is 20.0. The fourth-order valence-corrected chi connectivity index (χ4v) is 4.64. The summed E-state index contributed by atoms with van der Waals surface area (Å²) in [5.41, 5.74) is 9.46. The third-order valence-corrected chi connectivity index (χ3v) is 6.36. The highest BCUT2D eigenvalue weighted by molar-refractivity contribution is 5.93. The summed E-state index contributed by atoms with van der Waals surface area (Å²) >= 11 is 0. The van der Waals surface area contributed by atoms with E-state index in [0.717, 1.165) is 39.5 Å². The van der Waals surface area contributed by atoms with Gasteiger partial charge in [0.1, 0.15) is 0 Å². The fourth-order valence-electron chi connectivity index (χ4n) is 4.64. The van der Waals surface area contributed by atoms with Crippen LogP contribution in [0.15, 0.2) is 54.6 Å². The number of fused-ring (bicyclic) bond motifs is 3. The second-order valence-corrected chi connectivity index (χ2v) is 10.1. The van der Waals surface area contributed by atoms with Crippen LogP contribution in [-0.2, 0) is 5.41 Å². The van der Waals surface area contributed by atoms with Crippen LogP contribution in [0.2, 0.25) is 0 Å². The third-order valence-electron chi connectivity index (χ3n) is 6.36. The van der Waals surface area contributed by atoms with E-state index in [1.165, 1.54) is 27.9 Å². The van der Waals surface area contributed by atoms with Gasteiger partial charge in [-0.2, -0.15) is 0 Å². The second-order valence-electron chi connectivity index (χ2n) is 10.1. The van der Waals surface area contributed by atoms with Crippen molar-refractivity contribution in [3.63, 3.8) is 0 Å². The molecule has 0 saturated heterocycles. The monoisotopic (exact) mass is 422 g/mol. The molecule has 0 saturated carbocycles. The van der Waals surface area contributed by atoms with Crippen LogP contribution in [0, 0.1) is 27.7 Å². The van der Waals surface area contributed by atoms with Crippen LogP contribution in [0.3, 0.4) is 0 Å². The topological polar surface area (TPSA) is 25.4 Å². The molecule has 1 aromatic heterocycles. The van der Waals surface area contributed by atoms with E-state index in [0.29, 0.717) is 0 Å². The van der Waals surface area contributed by atoms with E-state index in [1.54, 1.807) is 0 Å². The van der Waals surface area contributed by atoms with Gasteiger partial charge >= 0.3 is 0 Å². The minimum Gasteiger partial charge on any atom is -0.451 e. The van der Waals surface area contributed by atoms with Gasteiger partial charge in [-0.15, -0.1) is 0 Å². The summed E-state index contributed by atoms with van der Waals surface area (Å²) in [6, 6.07) is 19.4. The summed E-state index contributed by atoms with van der Waals surface area (Å²) < 4.78 is 6.41. The van der Waals surface area contributed by atoms with Gasteiger partial charge in [0.15, 0.2) is 17.3 Å². The molecule has 32 heavy (non-hydrogen) atoms. The molecule has 4 aromatic rings. The Bertz CT molecular complexity index is 1360. The van der Waals surface area contributed by atoms with Crippen molar-refractivity contribution < 1.29 is 4.74 Å². The van der Waals surface area contributed by atoms with E-state index in [-0.39, 0.29) is 5.41 Å². The van der Waals surface area contributed by atoms with E-state index in [9.17, 15) is 0 Å². The first-order chi connectivity index (χ1) is 15.1. The SMILES string of the molecule is Cc1ccc2c(c1)Oc1cc3cccc(C)c3nc1N2c1c(C)cc(C(C)(C)C)cc1C. The third kappa shape index (κ3) is 3.24. The highest BCUT2D eigenvalue weighted by Crippen LogP contribution is 2.52. The molecule has 3 nitrogen and oxygen atoms in total. The van der Waals surface area contributed by atoms with E-state index in [4.69, 9.17) is 9.72 Å². The first-order valence-electron chi connectivity index (χ1n) is 11.2. The first-order valence-corrected chi connectivity index (χ1v) is 11.2. The molecule has 3 heteroatoms. The number of para-hydroxylation sites is 1. The van der Waals surface area contributed by atoms with Crippen molar-refractivity contribution >= 4 is 28.1 Å². The number of rotatable bonds is 1. The predicted molar refractivity (Wildman–Crippen MR) is 134 cm³/mol. The Morgan fingerprint density at radius 1 is 0.781 bits per heavy atom. The molecule has 1 aliphatic rings. The Hall–Kier alpha value is -3.33. The number of pyridine rings is 1. The van der Waals surface area contributed by atoms with Gasteiger partial charge in [-0.25, -0.2) is 4.98 Å². The summed E-state index contributed by atoms with van der Waals surface area (Å²) in [7, 11) is 0. The Balaban J connectivity index is 1.82. The normalized spacial score (nSPS) is 13.0. The summed E-state index contributed by atoms with van der Waals surface area (Å²) in [5.74, 6) is 2.50. The van der Waals surface area contributed by atoms with Crippen LogP contribution in [0.1, 0.15) is 48.6 Å². The molecule has 0 unspecified atom stereocenters. The second kappa shape index (κ2) is 7.09. The van der Waals surface area contributed by atoms with Gasteiger partial charge in [0.2, 0.25) is 0 Å². The number of aryl methyl sites for hydroxylation is 4. The van der Waals surface area contributed by atoms with Gasteiger partial charge in [0, 0.05) is 5.39 Å². The van der Waals surface area contributed by atoms with Crippen molar-refractivity contribution in [3.8, 4) is 11.5 Å². The largest absolute Gasteiger partial charge is 0.451 e. The molecule has 0 fully saturated rings. The molecule has 162 valence electrons. The van der Waals surface area contributed by atoms with Crippen LogP contribution in [0.4, 0.5) is 17.2 Å². The maximum Gasteiger partial charge on any atom is 0.181 e. The van der Waals surface area contributed by atoms with Gasteiger partial charge in [0.25, 0.3) is 0 Å². The summed E-state index contributed by atoms with van der Waals surface area (Å²) in [6.45, 7) is 15.4. The molecule has 2 heterocycles. The standard InChI is InChI=1S/C29H30N2O/c1-17-11-12-23-24(13-17)32-25-16-21-10-8-9-18(2)26(21)30-28(25)31(23)27-19(3)14-22(15-20(27)4)29(5,6)7/h8-16H,1-7H3. The van der Waals surface area contributed by atoms with Crippen LogP contribution in [0.25, 0.3) is 10.9 Å². The van der Waals surface area contributed by atoms with Crippen LogP contribution >= 0.6 is 0 Å². The summed E-state index contributed by atoms with van der Waals surface area (Å²) in [6.07, 6.45) is 0. The first kappa shape index (κ1) is 20.6. The van der Waals surface area contributed by atoms with Crippen molar-refractivity contribution in [3.05, 3.63) is 82.4 Å². The lowest BCUT2D eigenvalue weighted by atomic mass is 9.84. The highest BCUT2D eigenvalue weighted by atomic mass is 16.5. The molecular formula is C29H30N2O. The van der Waals surface area contributed by atoms with Gasteiger partial charge in [-0.05, 0) is 79.1 Å². The average molecular weight is 423 g/mol. The van der Waals surface area contributed by atoms with E-state index < -0.39 is 0 Å². The molecule has 0 amide bonds. The van der Waals surface area contributed by atoms with E-state index in [1.807, 2.05) is 0 Å². The van der Waals surface area contributed by atoms with Crippen LogP contribution < -0.4 is 9.64 Å². The van der Waals surface area contributed by atoms with Crippen molar-refractivity contribution in [2.45, 2.75) is 53.9 Å². The number of hydrogen-bond acceptors (Lipinski definition) is 3. The number of anilines is 3. The Labute approximate surface area is 190 Å². The summed E-state index contributed by atoms with van der Waals surface area (Å²) in [5, 5.41) is 1.09. The zero-order chi connectivity index (χ0) is 22.8. The van der Waals surface area contributed by atoms with Gasteiger partial charge < -0.3 is 4.74 Å². The molecule has 0 aliphatic carbocycles. The minimum absolute atomic E-state index is 0.0948. The number of benzene rings is 3. The quantitative estimate of drug-likeness (QED) is 0.271.